The molecule has 0 fully saturated rings. The summed E-state index contributed by atoms with van der Waals surface area (Å²) in [7, 11) is 5.82. The number of benzene rings is 1. The smallest absolute Gasteiger partial charge is 0.114 e. The fourth-order valence-electron chi connectivity index (χ4n) is 1.71. The summed E-state index contributed by atoms with van der Waals surface area (Å²) >= 11 is 0. The van der Waals surface area contributed by atoms with Crippen LogP contribution in [0.25, 0.3) is 0 Å². The number of hydrogen-bond acceptors (Lipinski definition) is 1. The van der Waals surface area contributed by atoms with Gasteiger partial charge < -0.3 is 5.11 Å². The van der Waals surface area contributed by atoms with Crippen LogP contribution in [0.5, 0.6) is 0 Å². The molecular weight excluding hydrogens is 159 g/mol. The van der Waals surface area contributed by atoms with E-state index >= 15 is 0 Å². The first-order valence-electron chi connectivity index (χ1n) is 4.74. The normalized spacial score (nSPS) is 10.4. The van der Waals surface area contributed by atoms with Crippen LogP contribution in [-0.4, -0.2) is 13.0 Å². The summed E-state index contributed by atoms with van der Waals surface area (Å²) in [6, 6.07) is 3.93. The van der Waals surface area contributed by atoms with Crippen LogP contribution in [-0.2, 0) is 19.4 Å². The van der Waals surface area contributed by atoms with E-state index in [1.165, 1.54) is 5.56 Å². The number of aliphatic hydroxyl groups is 1. The molecule has 1 nitrogen and oxygen atoms in total. The highest BCUT2D eigenvalue weighted by Gasteiger charge is 2.06. The molecule has 68 valence electrons. The largest absolute Gasteiger partial charge is 0.392 e. The van der Waals surface area contributed by atoms with E-state index < -0.39 is 0 Å². The maximum atomic E-state index is 9.23. The lowest BCUT2D eigenvalue weighted by molar-refractivity contribution is 0.279. The van der Waals surface area contributed by atoms with Gasteiger partial charge in [-0.25, -0.2) is 0 Å². The minimum Gasteiger partial charge on any atom is -0.392 e. The first-order chi connectivity index (χ1) is 6.24. The molecule has 0 aliphatic rings. The van der Waals surface area contributed by atoms with Crippen molar-refractivity contribution in [2.45, 2.75) is 33.3 Å². The Labute approximate surface area is 81.2 Å². The molecule has 2 heteroatoms. The second-order valence-corrected chi connectivity index (χ2v) is 3.14. The van der Waals surface area contributed by atoms with Crippen LogP contribution >= 0.6 is 0 Å². The molecule has 0 saturated heterocycles. The molecule has 13 heavy (non-hydrogen) atoms. The van der Waals surface area contributed by atoms with Gasteiger partial charge in [0.25, 0.3) is 0 Å². The zero-order valence-electron chi connectivity index (χ0n) is 8.30. The highest BCUT2D eigenvalue weighted by Crippen LogP contribution is 2.14. The summed E-state index contributed by atoms with van der Waals surface area (Å²) in [6.07, 6.45) is 1.83. The number of aliphatic hydroxyl groups excluding tert-OH is 1. The third-order valence-corrected chi connectivity index (χ3v) is 2.46. The van der Waals surface area contributed by atoms with Crippen molar-refractivity contribution >= 4 is 13.3 Å². The van der Waals surface area contributed by atoms with Gasteiger partial charge in [-0.05, 0) is 29.5 Å². The first kappa shape index (κ1) is 10.3. The molecule has 0 unspecified atom stereocenters. The van der Waals surface area contributed by atoms with Crippen molar-refractivity contribution in [3.8, 4) is 0 Å². The molecule has 0 aliphatic carbocycles. The number of hydrogen-bond donors (Lipinski definition) is 1. The van der Waals surface area contributed by atoms with Gasteiger partial charge in [-0.15, -0.1) is 0 Å². The van der Waals surface area contributed by atoms with E-state index in [1.807, 2.05) is 12.1 Å². The summed E-state index contributed by atoms with van der Waals surface area (Å²) < 4.78 is 0. The van der Waals surface area contributed by atoms with Gasteiger partial charge in [0, 0.05) is 0 Å². The highest BCUT2D eigenvalue weighted by molar-refractivity contribution is 6.33. The lowest BCUT2D eigenvalue weighted by atomic mass is 9.84. The Morgan fingerprint density at radius 2 is 1.85 bits per heavy atom. The quantitative estimate of drug-likeness (QED) is 0.680. The summed E-state index contributed by atoms with van der Waals surface area (Å²) in [5.41, 5.74) is 4.11. The van der Waals surface area contributed by atoms with Crippen molar-refractivity contribution in [1.82, 2.24) is 0 Å². The Morgan fingerprint density at radius 3 is 2.31 bits per heavy atom. The fourth-order valence-corrected chi connectivity index (χ4v) is 1.71. The van der Waals surface area contributed by atoms with Gasteiger partial charge in [0.05, 0.1) is 6.61 Å². The van der Waals surface area contributed by atoms with Gasteiger partial charge in [-0.1, -0.05) is 31.4 Å². The Kier molecular flexibility index (Phi) is 3.55. The lowest BCUT2D eigenvalue weighted by Crippen LogP contribution is -2.14. The van der Waals surface area contributed by atoms with Crippen LogP contribution in [0, 0.1) is 0 Å². The van der Waals surface area contributed by atoms with E-state index in [2.05, 4.69) is 13.8 Å². The lowest BCUT2D eigenvalue weighted by Gasteiger charge is -2.13. The van der Waals surface area contributed by atoms with Crippen LogP contribution in [0.3, 0.4) is 0 Å². The fraction of sp³-hybridized carbons (Fsp3) is 0.455. The van der Waals surface area contributed by atoms with Crippen molar-refractivity contribution < 1.29 is 5.11 Å². The topological polar surface area (TPSA) is 20.2 Å². The third kappa shape index (κ3) is 1.94. The van der Waals surface area contributed by atoms with Crippen LogP contribution in [0.2, 0.25) is 0 Å². The molecule has 1 aromatic carbocycles. The first-order valence-corrected chi connectivity index (χ1v) is 4.74. The second kappa shape index (κ2) is 4.47. The van der Waals surface area contributed by atoms with Crippen LogP contribution in [0.1, 0.15) is 30.5 Å². The molecule has 0 heterocycles. The minimum absolute atomic E-state index is 0.0946. The Morgan fingerprint density at radius 1 is 1.15 bits per heavy atom. The molecule has 0 aliphatic heterocycles. The Balaban J connectivity index is 3.27. The standard InChI is InChI=1S/C11H15BO/c1-3-8-5-6-11(12)9(4-2)10(8)7-13/h5-6,13H,3-4,7H2,1-2H3. The SMILES string of the molecule is [B]c1ccc(CC)c(CO)c1CC. The highest BCUT2D eigenvalue weighted by atomic mass is 16.3. The van der Waals surface area contributed by atoms with Gasteiger partial charge in [-0.2, -0.15) is 0 Å². The average Bonchev–Trinajstić information content (AvgIpc) is 2.17. The van der Waals surface area contributed by atoms with Gasteiger partial charge in [0.1, 0.15) is 7.85 Å². The van der Waals surface area contributed by atoms with E-state index in [-0.39, 0.29) is 6.61 Å². The van der Waals surface area contributed by atoms with Crippen molar-refractivity contribution in [1.29, 1.82) is 0 Å². The Hall–Kier alpha value is -0.755. The molecule has 0 aromatic heterocycles. The minimum atomic E-state index is 0.0946. The predicted octanol–water partition coefficient (Wildman–Crippen LogP) is 1.10. The van der Waals surface area contributed by atoms with Crippen LogP contribution < -0.4 is 5.46 Å². The molecule has 0 atom stereocenters. The molecular formula is C11H15BO. The summed E-state index contributed by atoms with van der Waals surface area (Å²) in [5.74, 6) is 0. The Bertz CT molecular complexity index is 294. The molecule has 0 saturated carbocycles. The molecule has 0 amide bonds. The zero-order chi connectivity index (χ0) is 9.84. The molecule has 1 rings (SSSR count). The van der Waals surface area contributed by atoms with Crippen LogP contribution in [0.15, 0.2) is 12.1 Å². The van der Waals surface area contributed by atoms with E-state index in [0.29, 0.717) is 0 Å². The molecule has 1 aromatic rings. The molecule has 0 spiro atoms. The maximum Gasteiger partial charge on any atom is 0.114 e. The van der Waals surface area contributed by atoms with Crippen molar-refractivity contribution in [3.05, 3.63) is 28.8 Å². The van der Waals surface area contributed by atoms with Crippen LogP contribution in [0.4, 0.5) is 0 Å². The molecule has 1 N–H and O–H groups in total. The predicted molar refractivity (Wildman–Crippen MR) is 56.5 cm³/mol. The number of aryl methyl sites for hydroxylation is 1. The summed E-state index contributed by atoms with van der Waals surface area (Å²) in [4.78, 5) is 0. The summed E-state index contributed by atoms with van der Waals surface area (Å²) in [5, 5.41) is 9.23. The van der Waals surface area contributed by atoms with Gasteiger partial charge in [0.15, 0.2) is 0 Å². The third-order valence-electron chi connectivity index (χ3n) is 2.46. The maximum absolute atomic E-state index is 9.23. The average molecular weight is 174 g/mol. The van der Waals surface area contributed by atoms with E-state index in [4.69, 9.17) is 7.85 Å². The van der Waals surface area contributed by atoms with Crippen molar-refractivity contribution in [2.24, 2.45) is 0 Å². The zero-order valence-corrected chi connectivity index (χ0v) is 8.30. The molecule has 0 bridgehead atoms. The van der Waals surface area contributed by atoms with Gasteiger partial charge in [-0.3, -0.25) is 0 Å². The van der Waals surface area contributed by atoms with E-state index in [1.54, 1.807) is 0 Å². The van der Waals surface area contributed by atoms with Gasteiger partial charge in [0.2, 0.25) is 0 Å². The number of rotatable bonds is 3. The second-order valence-electron chi connectivity index (χ2n) is 3.14. The van der Waals surface area contributed by atoms with Crippen molar-refractivity contribution in [2.75, 3.05) is 0 Å². The monoisotopic (exact) mass is 174 g/mol. The molecule has 2 radical (unpaired) electrons. The van der Waals surface area contributed by atoms with E-state index in [9.17, 15) is 5.11 Å². The van der Waals surface area contributed by atoms with E-state index in [0.717, 1.165) is 29.4 Å². The summed E-state index contributed by atoms with van der Waals surface area (Å²) in [6.45, 7) is 4.24. The van der Waals surface area contributed by atoms with Gasteiger partial charge >= 0.3 is 0 Å². The van der Waals surface area contributed by atoms with Crippen molar-refractivity contribution in [3.63, 3.8) is 0 Å².